The Kier molecular flexibility index (Phi) is 5.42. The van der Waals surface area contributed by atoms with Gasteiger partial charge in [0.2, 0.25) is 0 Å². The molecule has 4 aromatic rings. The molecule has 2 aromatic carbocycles. The fourth-order valence-corrected chi connectivity index (χ4v) is 3.12. The SMILES string of the molecule is C/C=C/Cn1nc(OC)nc1Cc1ccc(-c2ccccc2-c2nnn[nH]2)cc1. The number of ether oxygens (including phenoxy) is 1. The Morgan fingerprint density at radius 2 is 1.86 bits per heavy atom. The number of H-pyrrole nitrogens is 1. The van der Waals surface area contributed by atoms with Crippen LogP contribution in [0.15, 0.2) is 60.7 Å². The average Bonchev–Trinajstić information content (AvgIpc) is 3.43. The van der Waals surface area contributed by atoms with Crippen LogP contribution >= 0.6 is 0 Å². The number of aromatic nitrogens is 7. The maximum Gasteiger partial charge on any atom is 0.335 e. The third-order valence-electron chi connectivity index (χ3n) is 4.58. The van der Waals surface area contributed by atoms with Crippen molar-refractivity contribution >= 4 is 0 Å². The summed E-state index contributed by atoms with van der Waals surface area (Å²) in [6.45, 7) is 2.65. The lowest BCUT2D eigenvalue weighted by Gasteiger charge is -2.08. The first-order valence-corrected chi connectivity index (χ1v) is 9.29. The summed E-state index contributed by atoms with van der Waals surface area (Å²) < 4.78 is 7.05. The quantitative estimate of drug-likeness (QED) is 0.489. The number of hydrogen-bond acceptors (Lipinski definition) is 6. The molecule has 8 heteroatoms. The smallest absolute Gasteiger partial charge is 0.335 e. The largest absolute Gasteiger partial charge is 0.466 e. The first-order valence-electron chi connectivity index (χ1n) is 9.29. The fourth-order valence-electron chi connectivity index (χ4n) is 3.12. The van der Waals surface area contributed by atoms with E-state index in [2.05, 4.69) is 61.0 Å². The van der Waals surface area contributed by atoms with E-state index < -0.39 is 0 Å². The Morgan fingerprint density at radius 1 is 1.07 bits per heavy atom. The Balaban J connectivity index is 1.60. The van der Waals surface area contributed by atoms with Gasteiger partial charge in [0.15, 0.2) is 5.82 Å². The highest BCUT2D eigenvalue weighted by atomic mass is 16.5. The molecule has 0 spiro atoms. The molecule has 1 N–H and O–H groups in total. The minimum atomic E-state index is 0.385. The molecule has 0 aliphatic heterocycles. The molecule has 2 heterocycles. The molecule has 8 nitrogen and oxygen atoms in total. The zero-order valence-electron chi connectivity index (χ0n) is 16.3. The predicted octanol–water partition coefficient (Wildman–Crippen LogP) is 3.30. The number of aromatic amines is 1. The molecular formula is C21H21N7O. The Hall–Kier alpha value is -3.81. The normalized spacial score (nSPS) is 11.2. The predicted molar refractivity (Wildman–Crippen MR) is 109 cm³/mol. The lowest BCUT2D eigenvalue weighted by atomic mass is 9.98. The molecule has 0 fully saturated rings. The van der Waals surface area contributed by atoms with Crippen molar-refractivity contribution in [3.63, 3.8) is 0 Å². The van der Waals surface area contributed by atoms with Crippen LogP contribution in [0.2, 0.25) is 0 Å². The summed E-state index contributed by atoms with van der Waals surface area (Å²) in [5.74, 6) is 1.51. The third-order valence-corrected chi connectivity index (χ3v) is 4.58. The van der Waals surface area contributed by atoms with Gasteiger partial charge in [-0.3, -0.25) is 0 Å². The monoisotopic (exact) mass is 387 g/mol. The van der Waals surface area contributed by atoms with Gasteiger partial charge in [-0.05, 0) is 34.0 Å². The minimum Gasteiger partial charge on any atom is -0.466 e. The van der Waals surface area contributed by atoms with Crippen LogP contribution in [-0.4, -0.2) is 42.5 Å². The van der Waals surface area contributed by atoms with Gasteiger partial charge >= 0.3 is 6.01 Å². The van der Waals surface area contributed by atoms with Crippen LogP contribution in [0, 0.1) is 0 Å². The Bertz CT molecular complexity index is 1100. The number of nitrogens with one attached hydrogen (secondary N) is 1. The average molecular weight is 387 g/mol. The number of nitrogens with zero attached hydrogens (tertiary/aromatic N) is 6. The molecular weight excluding hydrogens is 366 g/mol. The van der Waals surface area contributed by atoms with E-state index in [-0.39, 0.29) is 0 Å². The second kappa shape index (κ2) is 8.47. The molecule has 0 bridgehead atoms. The first-order chi connectivity index (χ1) is 14.3. The first kappa shape index (κ1) is 18.5. The molecule has 0 aliphatic rings. The van der Waals surface area contributed by atoms with Crippen LogP contribution < -0.4 is 4.74 Å². The summed E-state index contributed by atoms with van der Waals surface area (Å²) in [5, 5.41) is 18.6. The van der Waals surface area contributed by atoms with Gasteiger partial charge < -0.3 is 4.74 Å². The lowest BCUT2D eigenvalue weighted by molar-refractivity contribution is 0.377. The van der Waals surface area contributed by atoms with Crippen LogP contribution in [0.1, 0.15) is 18.3 Å². The number of methoxy groups -OCH3 is 1. The van der Waals surface area contributed by atoms with E-state index in [1.54, 1.807) is 7.11 Å². The molecule has 0 amide bonds. The van der Waals surface area contributed by atoms with Crippen molar-refractivity contribution in [3.8, 4) is 28.5 Å². The van der Waals surface area contributed by atoms with Crippen LogP contribution in [0.3, 0.4) is 0 Å². The second-order valence-electron chi connectivity index (χ2n) is 6.44. The van der Waals surface area contributed by atoms with Crippen LogP contribution in [0.4, 0.5) is 0 Å². The second-order valence-corrected chi connectivity index (χ2v) is 6.44. The number of rotatable bonds is 7. The standard InChI is InChI=1S/C21H21N7O/c1-3-4-13-28-19(22-21(25-28)29-2)14-15-9-11-16(12-10-15)17-7-5-6-8-18(17)20-23-26-27-24-20/h3-12H,13-14H2,1-2H3,(H,23,24,26,27)/b4-3+. The molecule has 0 radical (unpaired) electrons. The fraction of sp³-hybridized carbons (Fsp3) is 0.190. The highest BCUT2D eigenvalue weighted by Crippen LogP contribution is 2.30. The van der Waals surface area contributed by atoms with E-state index in [0.717, 1.165) is 28.1 Å². The van der Waals surface area contributed by atoms with Crippen molar-refractivity contribution in [1.29, 1.82) is 0 Å². The molecule has 4 rings (SSSR count). The van der Waals surface area contributed by atoms with Crippen LogP contribution in [-0.2, 0) is 13.0 Å². The van der Waals surface area contributed by atoms with Crippen molar-refractivity contribution < 1.29 is 4.74 Å². The lowest BCUT2D eigenvalue weighted by Crippen LogP contribution is -2.05. The summed E-state index contributed by atoms with van der Waals surface area (Å²) in [7, 11) is 1.58. The summed E-state index contributed by atoms with van der Waals surface area (Å²) in [5.41, 5.74) is 4.26. The Labute approximate surface area is 168 Å². The van der Waals surface area contributed by atoms with Gasteiger partial charge in [-0.25, -0.2) is 9.78 Å². The van der Waals surface area contributed by atoms with E-state index in [9.17, 15) is 0 Å². The van der Waals surface area contributed by atoms with E-state index in [1.807, 2.05) is 42.0 Å². The summed E-state index contributed by atoms with van der Waals surface area (Å²) in [6, 6.07) is 16.8. The van der Waals surface area contributed by atoms with Crippen molar-refractivity contribution in [1.82, 2.24) is 35.4 Å². The number of benzene rings is 2. The highest BCUT2D eigenvalue weighted by molar-refractivity contribution is 5.80. The summed E-state index contributed by atoms with van der Waals surface area (Å²) in [6.07, 6.45) is 4.70. The maximum absolute atomic E-state index is 5.19. The van der Waals surface area contributed by atoms with Gasteiger partial charge in [0, 0.05) is 12.0 Å². The minimum absolute atomic E-state index is 0.385. The number of hydrogen-bond donors (Lipinski definition) is 1. The van der Waals surface area contributed by atoms with E-state index in [0.29, 0.717) is 24.8 Å². The van der Waals surface area contributed by atoms with E-state index >= 15 is 0 Å². The van der Waals surface area contributed by atoms with Crippen molar-refractivity contribution in [2.45, 2.75) is 19.9 Å². The molecule has 29 heavy (non-hydrogen) atoms. The van der Waals surface area contributed by atoms with Gasteiger partial charge in [-0.2, -0.15) is 4.98 Å². The van der Waals surface area contributed by atoms with Gasteiger partial charge in [0.05, 0.1) is 13.7 Å². The topological polar surface area (TPSA) is 94.4 Å². The zero-order valence-corrected chi connectivity index (χ0v) is 16.3. The van der Waals surface area contributed by atoms with Crippen LogP contribution in [0.5, 0.6) is 6.01 Å². The van der Waals surface area contributed by atoms with Gasteiger partial charge in [0.25, 0.3) is 0 Å². The van der Waals surface area contributed by atoms with Crippen LogP contribution in [0.25, 0.3) is 22.5 Å². The molecule has 0 unspecified atom stereocenters. The molecule has 2 aromatic heterocycles. The van der Waals surface area contributed by atoms with Gasteiger partial charge in [-0.15, -0.1) is 10.2 Å². The highest BCUT2D eigenvalue weighted by Gasteiger charge is 2.12. The van der Waals surface area contributed by atoms with E-state index in [1.165, 1.54) is 0 Å². The number of tetrazole rings is 1. The molecule has 146 valence electrons. The van der Waals surface area contributed by atoms with E-state index in [4.69, 9.17) is 4.74 Å². The Morgan fingerprint density at radius 3 is 2.55 bits per heavy atom. The molecule has 0 atom stereocenters. The molecule has 0 aliphatic carbocycles. The van der Waals surface area contributed by atoms with Gasteiger partial charge in [0.1, 0.15) is 5.82 Å². The van der Waals surface area contributed by atoms with Crippen molar-refractivity contribution in [3.05, 3.63) is 72.1 Å². The molecule has 0 saturated heterocycles. The van der Waals surface area contributed by atoms with Gasteiger partial charge in [-0.1, -0.05) is 60.7 Å². The van der Waals surface area contributed by atoms with Crippen molar-refractivity contribution in [2.75, 3.05) is 7.11 Å². The summed E-state index contributed by atoms with van der Waals surface area (Å²) >= 11 is 0. The maximum atomic E-state index is 5.19. The number of allylic oxidation sites excluding steroid dienone is 2. The molecule has 0 saturated carbocycles. The van der Waals surface area contributed by atoms with Crippen molar-refractivity contribution in [2.24, 2.45) is 0 Å². The zero-order chi connectivity index (χ0) is 20.1. The third kappa shape index (κ3) is 4.06. The summed E-state index contributed by atoms with van der Waals surface area (Å²) in [4.78, 5) is 4.47.